The Hall–Kier alpha value is -1.36. The summed E-state index contributed by atoms with van der Waals surface area (Å²) in [4.78, 5) is 18.9. The van der Waals surface area contributed by atoms with E-state index in [-0.39, 0.29) is 23.5 Å². The van der Waals surface area contributed by atoms with Gasteiger partial charge in [-0.3, -0.25) is 0 Å². The summed E-state index contributed by atoms with van der Waals surface area (Å²) in [6.07, 6.45) is 0. The van der Waals surface area contributed by atoms with Crippen LogP contribution < -0.4 is 4.74 Å². The molecule has 0 unspecified atom stereocenters. The zero-order chi connectivity index (χ0) is 11.3. The number of hydrogen-bond donors (Lipinski definition) is 0. The summed E-state index contributed by atoms with van der Waals surface area (Å²) in [6, 6.07) is 1.40. The second kappa shape index (κ2) is 5.50. The molecule has 5 nitrogen and oxygen atoms in total. The normalized spacial score (nSPS) is 9.80. The fraction of sp³-hybridized carbons (Fsp3) is 0.444. The second-order valence-electron chi connectivity index (χ2n) is 2.51. The first kappa shape index (κ1) is 11.7. The monoisotopic (exact) mass is 230 g/mol. The van der Waals surface area contributed by atoms with Gasteiger partial charge in [0.2, 0.25) is 11.2 Å². The number of hydrogen-bond acceptors (Lipinski definition) is 5. The van der Waals surface area contributed by atoms with E-state index in [0.717, 1.165) is 0 Å². The van der Waals surface area contributed by atoms with Crippen LogP contribution in [0.5, 0.6) is 5.88 Å². The number of rotatable bonds is 4. The van der Waals surface area contributed by atoms with Gasteiger partial charge in [0.15, 0.2) is 5.69 Å². The van der Waals surface area contributed by atoms with Crippen LogP contribution in [0.15, 0.2) is 6.07 Å². The molecular formula is C9H11ClN2O3. The lowest BCUT2D eigenvalue weighted by Gasteiger charge is -2.04. The highest BCUT2D eigenvalue weighted by Gasteiger charge is 2.12. The number of aromatic nitrogens is 2. The Labute approximate surface area is 92.4 Å². The van der Waals surface area contributed by atoms with E-state index in [1.54, 1.807) is 13.8 Å². The summed E-state index contributed by atoms with van der Waals surface area (Å²) in [5.74, 6) is -0.275. The number of ether oxygens (including phenoxy) is 2. The Kier molecular flexibility index (Phi) is 4.30. The fourth-order valence-electron chi connectivity index (χ4n) is 0.928. The molecular weight excluding hydrogens is 220 g/mol. The van der Waals surface area contributed by atoms with Crippen molar-refractivity contribution in [3.8, 4) is 5.88 Å². The average Bonchev–Trinajstić information content (AvgIpc) is 2.17. The van der Waals surface area contributed by atoms with Crippen LogP contribution >= 0.6 is 11.6 Å². The van der Waals surface area contributed by atoms with Gasteiger partial charge in [-0.2, -0.15) is 4.98 Å². The third-order valence-electron chi connectivity index (χ3n) is 1.45. The predicted octanol–water partition coefficient (Wildman–Crippen LogP) is 1.71. The molecule has 15 heavy (non-hydrogen) atoms. The molecule has 0 fully saturated rings. The summed E-state index contributed by atoms with van der Waals surface area (Å²) in [5.41, 5.74) is 0.0975. The zero-order valence-corrected chi connectivity index (χ0v) is 9.24. The molecule has 0 saturated carbocycles. The maximum absolute atomic E-state index is 11.3. The molecule has 0 aliphatic carbocycles. The van der Waals surface area contributed by atoms with Crippen LogP contribution in [0.2, 0.25) is 5.28 Å². The predicted molar refractivity (Wildman–Crippen MR) is 54.2 cm³/mol. The van der Waals surface area contributed by atoms with Gasteiger partial charge < -0.3 is 9.47 Å². The van der Waals surface area contributed by atoms with Crippen LogP contribution in [0, 0.1) is 0 Å². The van der Waals surface area contributed by atoms with Gasteiger partial charge in [-0.25, -0.2) is 9.78 Å². The van der Waals surface area contributed by atoms with Crippen LogP contribution in [0.25, 0.3) is 0 Å². The van der Waals surface area contributed by atoms with Gasteiger partial charge in [-0.05, 0) is 25.4 Å². The zero-order valence-electron chi connectivity index (χ0n) is 8.49. The van der Waals surface area contributed by atoms with E-state index >= 15 is 0 Å². The second-order valence-corrected chi connectivity index (χ2v) is 2.85. The lowest BCUT2D eigenvalue weighted by Crippen LogP contribution is -2.08. The first-order chi connectivity index (χ1) is 7.17. The molecule has 1 heterocycles. The van der Waals surface area contributed by atoms with Gasteiger partial charge >= 0.3 is 5.97 Å². The molecule has 1 aromatic heterocycles. The van der Waals surface area contributed by atoms with Crippen LogP contribution in [-0.2, 0) is 4.74 Å². The van der Waals surface area contributed by atoms with Gasteiger partial charge in [-0.1, -0.05) is 0 Å². The molecule has 1 aromatic rings. The van der Waals surface area contributed by atoms with Crippen LogP contribution in [0.3, 0.4) is 0 Å². The molecule has 82 valence electrons. The molecule has 0 atom stereocenters. The third kappa shape index (κ3) is 3.36. The lowest BCUT2D eigenvalue weighted by atomic mass is 10.4. The van der Waals surface area contributed by atoms with E-state index in [4.69, 9.17) is 21.1 Å². The van der Waals surface area contributed by atoms with E-state index in [1.165, 1.54) is 6.07 Å². The van der Waals surface area contributed by atoms with Crippen molar-refractivity contribution in [1.29, 1.82) is 0 Å². The standard InChI is InChI=1S/C9H11ClN2O3/c1-3-14-7-5-6(8(13)15-4-2)11-9(10)12-7/h5H,3-4H2,1-2H3. The van der Waals surface area contributed by atoms with E-state index in [0.29, 0.717) is 6.61 Å². The highest BCUT2D eigenvalue weighted by molar-refractivity contribution is 6.28. The van der Waals surface area contributed by atoms with Crippen LogP contribution in [0.1, 0.15) is 24.3 Å². The number of nitrogens with zero attached hydrogens (tertiary/aromatic N) is 2. The summed E-state index contributed by atoms with van der Waals surface area (Å²) in [7, 11) is 0. The van der Waals surface area contributed by atoms with E-state index in [9.17, 15) is 4.79 Å². The van der Waals surface area contributed by atoms with Crippen molar-refractivity contribution < 1.29 is 14.3 Å². The Morgan fingerprint density at radius 1 is 1.40 bits per heavy atom. The van der Waals surface area contributed by atoms with Crippen LogP contribution in [-0.4, -0.2) is 29.2 Å². The van der Waals surface area contributed by atoms with Crippen LogP contribution in [0.4, 0.5) is 0 Å². The Balaban J connectivity index is 2.92. The first-order valence-corrected chi connectivity index (χ1v) is 4.89. The van der Waals surface area contributed by atoms with E-state index in [1.807, 2.05) is 0 Å². The molecule has 0 radical (unpaired) electrons. The van der Waals surface area contributed by atoms with Crippen molar-refractivity contribution in [2.24, 2.45) is 0 Å². The minimum absolute atomic E-state index is 0.0380. The molecule has 0 saturated heterocycles. The highest BCUT2D eigenvalue weighted by atomic mass is 35.5. The van der Waals surface area contributed by atoms with Gasteiger partial charge in [0.25, 0.3) is 0 Å². The summed E-state index contributed by atoms with van der Waals surface area (Å²) in [5, 5.41) is -0.0380. The summed E-state index contributed by atoms with van der Waals surface area (Å²) >= 11 is 5.62. The molecule has 0 bridgehead atoms. The number of halogens is 1. The van der Waals surface area contributed by atoms with Crippen molar-refractivity contribution in [2.75, 3.05) is 13.2 Å². The van der Waals surface area contributed by atoms with Crippen molar-refractivity contribution in [3.05, 3.63) is 17.0 Å². The van der Waals surface area contributed by atoms with Crippen molar-refractivity contribution in [3.63, 3.8) is 0 Å². The molecule has 0 aromatic carbocycles. The third-order valence-corrected chi connectivity index (χ3v) is 1.62. The van der Waals surface area contributed by atoms with E-state index in [2.05, 4.69) is 9.97 Å². The molecule has 0 spiro atoms. The van der Waals surface area contributed by atoms with Crippen molar-refractivity contribution in [2.45, 2.75) is 13.8 Å². The maximum Gasteiger partial charge on any atom is 0.357 e. The Bertz CT molecular complexity index is 357. The minimum Gasteiger partial charge on any atom is -0.478 e. The Morgan fingerprint density at radius 2 is 2.13 bits per heavy atom. The number of esters is 1. The minimum atomic E-state index is -0.539. The highest BCUT2D eigenvalue weighted by Crippen LogP contribution is 2.13. The smallest absolute Gasteiger partial charge is 0.357 e. The molecule has 6 heteroatoms. The summed E-state index contributed by atoms with van der Waals surface area (Å²) in [6.45, 7) is 4.24. The molecule has 0 amide bonds. The molecule has 0 aliphatic heterocycles. The lowest BCUT2D eigenvalue weighted by molar-refractivity contribution is 0.0518. The maximum atomic E-state index is 11.3. The topological polar surface area (TPSA) is 61.3 Å². The first-order valence-electron chi connectivity index (χ1n) is 4.51. The summed E-state index contributed by atoms with van der Waals surface area (Å²) < 4.78 is 9.88. The van der Waals surface area contributed by atoms with Gasteiger partial charge in [0, 0.05) is 6.07 Å². The van der Waals surface area contributed by atoms with Gasteiger partial charge in [0.05, 0.1) is 13.2 Å². The number of carbonyl (C=O) groups excluding carboxylic acids is 1. The number of carbonyl (C=O) groups is 1. The van der Waals surface area contributed by atoms with Crippen molar-refractivity contribution in [1.82, 2.24) is 9.97 Å². The van der Waals surface area contributed by atoms with Gasteiger partial charge in [0.1, 0.15) is 0 Å². The van der Waals surface area contributed by atoms with E-state index < -0.39 is 5.97 Å². The quantitative estimate of drug-likeness (QED) is 0.582. The molecule has 0 N–H and O–H groups in total. The van der Waals surface area contributed by atoms with Gasteiger partial charge in [-0.15, -0.1) is 0 Å². The SMILES string of the molecule is CCOC(=O)c1cc(OCC)nc(Cl)n1. The molecule has 0 aliphatic rings. The Morgan fingerprint density at radius 3 is 2.73 bits per heavy atom. The fourth-order valence-corrected chi connectivity index (χ4v) is 1.10. The van der Waals surface area contributed by atoms with Crippen molar-refractivity contribution >= 4 is 17.6 Å². The largest absolute Gasteiger partial charge is 0.478 e. The molecule has 1 rings (SSSR count). The average molecular weight is 231 g/mol.